The summed E-state index contributed by atoms with van der Waals surface area (Å²) in [7, 11) is 0. The molecule has 0 aliphatic rings. The van der Waals surface area contributed by atoms with Gasteiger partial charge in [0.2, 0.25) is 0 Å². The first-order valence-electron chi connectivity index (χ1n) is 14.7. The van der Waals surface area contributed by atoms with Crippen molar-refractivity contribution in [3.8, 4) is 0 Å². The zero-order chi connectivity index (χ0) is 30.3. The number of hydrogen-bond donors (Lipinski definition) is 1. The molecule has 6 heteroatoms. The van der Waals surface area contributed by atoms with Crippen LogP contribution in [0.4, 0.5) is 17.6 Å². The SMILES string of the molecule is C=C(F)/C=C\C(=C/C)C(CCCCCCCCCNC(=O)c1cc(CCF)cc(C(C)(C)F)c1)c1ccc(F)cc1. The van der Waals surface area contributed by atoms with E-state index in [1.807, 2.05) is 13.0 Å². The maximum atomic E-state index is 14.5. The average molecular weight is 572 g/mol. The van der Waals surface area contributed by atoms with Crippen LogP contribution in [0, 0.1) is 5.82 Å². The van der Waals surface area contributed by atoms with Gasteiger partial charge in [-0.25, -0.2) is 13.2 Å². The van der Waals surface area contributed by atoms with Gasteiger partial charge in [-0.1, -0.05) is 75.5 Å². The summed E-state index contributed by atoms with van der Waals surface area (Å²) in [5, 5.41) is 2.90. The van der Waals surface area contributed by atoms with Crippen LogP contribution in [0.1, 0.15) is 105 Å². The first-order valence-corrected chi connectivity index (χ1v) is 14.7. The highest BCUT2D eigenvalue weighted by molar-refractivity contribution is 5.94. The molecule has 1 unspecified atom stereocenters. The quantitative estimate of drug-likeness (QED) is 0.108. The first kappa shape index (κ1) is 34.1. The van der Waals surface area contributed by atoms with Gasteiger partial charge in [-0.2, -0.15) is 0 Å². The summed E-state index contributed by atoms with van der Waals surface area (Å²) < 4.78 is 54.0. The molecule has 2 aromatic carbocycles. The molecule has 224 valence electrons. The minimum atomic E-state index is -1.61. The molecule has 0 aromatic heterocycles. The number of amides is 1. The maximum absolute atomic E-state index is 14.5. The van der Waals surface area contributed by atoms with E-state index in [1.165, 1.54) is 32.1 Å². The van der Waals surface area contributed by atoms with Crippen molar-refractivity contribution < 1.29 is 22.4 Å². The van der Waals surface area contributed by atoms with Crippen molar-refractivity contribution in [2.45, 2.75) is 90.1 Å². The van der Waals surface area contributed by atoms with Crippen LogP contribution in [-0.2, 0) is 12.1 Å². The van der Waals surface area contributed by atoms with Gasteiger partial charge >= 0.3 is 0 Å². The van der Waals surface area contributed by atoms with E-state index in [0.717, 1.165) is 62.5 Å². The van der Waals surface area contributed by atoms with Gasteiger partial charge in [0.25, 0.3) is 5.91 Å². The summed E-state index contributed by atoms with van der Waals surface area (Å²) in [6.07, 6.45) is 13.3. The molecule has 0 fully saturated rings. The summed E-state index contributed by atoms with van der Waals surface area (Å²) in [6.45, 7) is 8.05. The van der Waals surface area contributed by atoms with Crippen LogP contribution in [0.25, 0.3) is 0 Å². The molecular formula is C35H45F4NO. The zero-order valence-electron chi connectivity index (χ0n) is 24.8. The lowest BCUT2D eigenvalue weighted by Crippen LogP contribution is -2.25. The predicted octanol–water partition coefficient (Wildman–Crippen LogP) is 10.2. The van der Waals surface area contributed by atoms with Crippen molar-refractivity contribution in [3.05, 3.63) is 107 Å². The van der Waals surface area contributed by atoms with E-state index in [0.29, 0.717) is 23.2 Å². The summed E-state index contributed by atoms with van der Waals surface area (Å²) in [5.74, 6) is -0.985. The highest BCUT2D eigenvalue weighted by atomic mass is 19.1. The Hall–Kier alpha value is -3.15. The van der Waals surface area contributed by atoms with Crippen molar-refractivity contribution in [1.29, 1.82) is 0 Å². The van der Waals surface area contributed by atoms with E-state index in [1.54, 1.807) is 36.4 Å². The number of alkyl halides is 2. The minimum Gasteiger partial charge on any atom is -0.352 e. The molecule has 1 atom stereocenters. The third-order valence-corrected chi connectivity index (χ3v) is 7.24. The van der Waals surface area contributed by atoms with E-state index < -0.39 is 18.2 Å². The second-order valence-electron chi connectivity index (χ2n) is 11.0. The fraction of sp³-hybridized carbons (Fsp3) is 0.457. The van der Waals surface area contributed by atoms with Crippen molar-refractivity contribution >= 4 is 5.91 Å². The molecule has 0 aliphatic heterocycles. The molecule has 1 N–H and O–H groups in total. The number of carbonyl (C=O) groups excluding carboxylic acids is 1. The van der Waals surface area contributed by atoms with E-state index in [4.69, 9.17) is 0 Å². The molecule has 2 rings (SSSR count). The number of allylic oxidation sites excluding steroid dienone is 5. The van der Waals surface area contributed by atoms with Crippen molar-refractivity contribution in [3.63, 3.8) is 0 Å². The van der Waals surface area contributed by atoms with Gasteiger partial charge in [0, 0.05) is 24.4 Å². The Morgan fingerprint density at radius 2 is 1.61 bits per heavy atom. The molecule has 2 aromatic rings. The Morgan fingerprint density at radius 3 is 2.20 bits per heavy atom. The average Bonchev–Trinajstić information content (AvgIpc) is 2.93. The van der Waals surface area contributed by atoms with E-state index in [-0.39, 0.29) is 24.1 Å². The Kier molecular flexibility index (Phi) is 14.6. The Labute approximate surface area is 243 Å². The number of halogens is 4. The van der Waals surface area contributed by atoms with Crippen LogP contribution in [0.5, 0.6) is 0 Å². The van der Waals surface area contributed by atoms with Crippen LogP contribution in [0.2, 0.25) is 0 Å². The lowest BCUT2D eigenvalue weighted by molar-refractivity contribution is 0.0952. The molecular weight excluding hydrogens is 526 g/mol. The minimum absolute atomic E-state index is 0.0598. The topological polar surface area (TPSA) is 29.1 Å². The van der Waals surface area contributed by atoms with E-state index in [2.05, 4.69) is 11.9 Å². The smallest absolute Gasteiger partial charge is 0.251 e. The third-order valence-electron chi connectivity index (χ3n) is 7.24. The normalized spacial score (nSPS) is 13.0. The van der Waals surface area contributed by atoms with Crippen molar-refractivity contribution in [2.75, 3.05) is 13.2 Å². The lowest BCUT2D eigenvalue weighted by atomic mass is 9.86. The number of unbranched alkanes of at least 4 members (excludes halogenated alkanes) is 6. The van der Waals surface area contributed by atoms with Gasteiger partial charge in [0.1, 0.15) is 17.3 Å². The van der Waals surface area contributed by atoms with Crippen molar-refractivity contribution in [2.24, 2.45) is 0 Å². The number of rotatable bonds is 18. The highest BCUT2D eigenvalue weighted by Gasteiger charge is 2.21. The van der Waals surface area contributed by atoms with E-state index in [9.17, 15) is 22.4 Å². The second kappa shape index (κ2) is 17.6. The fourth-order valence-corrected chi connectivity index (χ4v) is 4.90. The molecule has 2 nitrogen and oxygen atoms in total. The standard InChI is InChI=1S/C35H45F4NO/c1-5-28(15-14-26(2)37)33(29-16-18-32(38)19-17-29)13-11-9-7-6-8-10-12-22-40-34(41)30-23-27(20-21-36)24-31(25-30)35(3,4)39/h5,14-19,23-25,33H,2,6-13,20-22H2,1,3-4H3,(H,40,41)/b15-14-,28-5+. The molecule has 0 radical (unpaired) electrons. The summed E-state index contributed by atoms with van der Waals surface area (Å²) >= 11 is 0. The van der Waals surface area contributed by atoms with Crippen LogP contribution in [0.15, 0.2) is 78.7 Å². The van der Waals surface area contributed by atoms with Gasteiger partial charge in [0.05, 0.1) is 6.67 Å². The summed E-state index contributed by atoms with van der Waals surface area (Å²) in [4.78, 5) is 12.6. The molecule has 1 amide bonds. The van der Waals surface area contributed by atoms with Gasteiger partial charge in [-0.3, -0.25) is 9.18 Å². The number of aryl methyl sites for hydroxylation is 1. The fourth-order valence-electron chi connectivity index (χ4n) is 4.90. The van der Waals surface area contributed by atoms with E-state index >= 15 is 0 Å². The number of carbonyl (C=O) groups is 1. The van der Waals surface area contributed by atoms with Crippen LogP contribution in [-0.4, -0.2) is 19.1 Å². The first-order chi connectivity index (χ1) is 19.5. The Bertz CT molecular complexity index is 1160. The van der Waals surface area contributed by atoms with Gasteiger partial charge in [-0.15, -0.1) is 0 Å². The highest BCUT2D eigenvalue weighted by Crippen LogP contribution is 2.32. The van der Waals surface area contributed by atoms with Gasteiger partial charge in [0.15, 0.2) is 0 Å². The summed E-state index contributed by atoms with van der Waals surface area (Å²) in [5.41, 5.74) is 1.74. The van der Waals surface area contributed by atoms with Crippen molar-refractivity contribution in [1.82, 2.24) is 5.32 Å². The van der Waals surface area contributed by atoms with Gasteiger partial charge < -0.3 is 5.32 Å². The van der Waals surface area contributed by atoms with Gasteiger partial charge in [-0.05, 0) is 86.2 Å². The largest absolute Gasteiger partial charge is 0.352 e. The number of hydrogen-bond acceptors (Lipinski definition) is 1. The molecule has 0 heterocycles. The molecule has 0 aliphatic carbocycles. The van der Waals surface area contributed by atoms with Crippen LogP contribution in [0.3, 0.4) is 0 Å². The lowest BCUT2D eigenvalue weighted by Gasteiger charge is -2.19. The Balaban J connectivity index is 1.73. The number of nitrogens with one attached hydrogen (secondary N) is 1. The molecule has 0 saturated carbocycles. The second-order valence-corrected chi connectivity index (χ2v) is 11.0. The zero-order valence-corrected chi connectivity index (χ0v) is 24.8. The monoisotopic (exact) mass is 571 g/mol. The summed E-state index contributed by atoms with van der Waals surface area (Å²) in [6, 6.07) is 11.3. The maximum Gasteiger partial charge on any atom is 0.251 e. The predicted molar refractivity (Wildman–Crippen MR) is 162 cm³/mol. The Morgan fingerprint density at radius 1 is 0.976 bits per heavy atom. The molecule has 0 bridgehead atoms. The van der Waals surface area contributed by atoms with Crippen LogP contribution >= 0.6 is 0 Å². The molecule has 0 spiro atoms. The molecule has 0 saturated heterocycles. The number of benzene rings is 2. The molecule has 41 heavy (non-hydrogen) atoms. The third kappa shape index (κ3) is 12.5. The van der Waals surface area contributed by atoms with Crippen LogP contribution < -0.4 is 5.32 Å².